The average Bonchev–Trinajstić information content (AvgIpc) is 2.39. The highest BCUT2D eigenvalue weighted by atomic mass is 79.9. The largest absolute Gasteiger partial charge is 0.476 e. The first-order valence-corrected chi connectivity index (χ1v) is 6.39. The molecular weight excluding hydrogens is 327 g/mol. The lowest BCUT2D eigenvalue weighted by molar-refractivity contribution is -0.129. The number of halogens is 2. The molecule has 0 fully saturated rings. The van der Waals surface area contributed by atoms with Gasteiger partial charge in [-0.05, 0) is 42.5 Å². The number of anilines is 1. The zero-order valence-corrected chi connectivity index (χ0v) is 11.8. The van der Waals surface area contributed by atoms with Gasteiger partial charge in [0.25, 0.3) is 0 Å². The van der Waals surface area contributed by atoms with E-state index in [0.717, 1.165) is 4.47 Å². The third kappa shape index (κ3) is 3.21. The average molecular weight is 337 g/mol. The monoisotopic (exact) mass is 336 g/mol. The Morgan fingerprint density at radius 3 is 2.40 bits per heavy atom. The number of nitrogens with two attached hydrogens (primary N) is 1. The molecule has 2 aromatic carbocycles. The Labute approximate surface area is 122 Å². The molecule has 0 saturated heterocycles. The molecule has 2 rings (SSSR count). The molecule has 0 heterocycles. The van der Waals surface area contributed by atoms with Crippen LogP contribution in [-0.2, 0) is 4.79 Å². The first kappa shape index (κ1) is 14.2. The fourth-order valence-electron chi connectivity index (χ4n) is 1.62. The van der Waals surface area contributed by atoms with Crippen LogP contribution >= 0.6 is 15.9 Å². The number of nitrogen functional groups attached to an aromatic ring is 1. The van der Waals surface area contributed by atoms with Crippen LogP contribution in [0.1, 0.15) is 5.56 Å². The standard InChI is InChI=1S/C14H10BrFN2O2/c15-8-1-6-11(12(17)7-8)13(14(19)20)18-10-4-2-9(16)3-5-10/h1-7H,17H2,(H,19,20). The zero-order valence-electron chi connectivity index (χ0n) is 10.2. The van der Waals surface area contributed by atoms with Crippen molar-refractivity contribution in [1.29, 1.82) is 0 Å². The van der Waals surface area contributed by atoms with Gasteiger partial charge in [0, 0.05) is 15.7 Å². The first-order chi connectivity index (χ1) is 9.47. The van der Waals surface area contributed by atoms with Crippen LogP contribution in [0.4, 0.5) is 15.8 Å². The van der Waals surface area contributed by atoms with E-state index in [0.29, 0.717) is 16.9 Å². The second-order valence-corrected chi connectivity index (χ2v) is 4.89. The van der Waals surface area contributed by atoms with Crippen LogP contribution in [0.2, 0.25) is 0 Å². The number of hydrogen-bond donors (Lipinski definition) is 2. The van der Waals surface area contributed by atoms with E-state index in [1.165, 1.54) is 24.3 Å². The number of aliphatic imine (C=N–C) groups is 1. The minimum Gasteiger partial charge on any atom is -0.476 e. The molecule has 0 aliphatic carbocycles. The topological polar surface area (TPSA) is 75.7 Å². The quantitative estimate of drug-likeness (QED) is 0.666. The van der Waals surface area contributed by atoms with Crippen LogP contribution in [0, 0.1) is 5.82 Å². The van der Waals surface area contributed by atoms with E-state index in [1.54, 1.807) is 18.2 Å². The molecule has 2 aromatic rings. The predicted molar refractivity (Wildman–Crippen MR) is 78.8 cm³/mol. The number of carboxylic acids is 1. The molecule has 0 aromatic heterocycles. The van der Waals surface area contributed by atoms with Gasteiger partial charge in [-0.15, -0.1) is 0 Å². The fraction of sp³-hybridized carbons (Fsp3) is 0. The van der Waals surface area contributed by atoms with Crippen molar-refractivity contribution in [1.82, 2.24) is 0 Å². The summed E-state index contributed by atoms with van der Waals surface area (Å²) in [4.78, 5) is 15.4. The molecule has 3 N–H and O–H groups in total. The Morgan fingerprint density at radius 2 is 1.85 bits per heavy atom. The molecule has 4 nitrogen and oxygen atoms in total. The van der Waals surface area contributed by atoms with E-state index in [1.807, 2.05) is 0 Å². The van der Waals surface area contributed by atoms with Crippen LogP contribution in [-0.4, -0.2) is 16.8 Å². The Balaban J connectivity index is 2.51. The van der Waals surface area contributed by atoms with E-state index in [4.69, 9.17) is 5.73 Å². The summed E-state index contributed by atoms with van der Waals surface area (Å²) in [7, 11) is 0. The van der Waals surface area contributed by atoms with Gasteiger partial charge in [-0.2, -0.15) is 0 Å². The maximum Gasteiger partial charge on any atom is 0.355 e. The van der Waals surface area contributed by atoms with Gasteiger partial charge in [-0.25, -0.2) is 14.2 Å². The summed E-state index contributed by atoms with van der Waals surface area (Å²) < 4.78 is 13.6. The van der Waals surface area contributed by atoms with Gasteiger partial charge >= 0.3 is 5.97 Å². The maximum atomic E-state index is 12.8. The van der Waals surface area contributed by atoms with Crippen LogP contribution in [0.5, 0.6) is 0 Å². The van der Waals surface area contributed by atoms with Crippen molar-refractivity contribution in [2.24, 2.45) is 4.99 Å². The van der Waals surface area contributed by atoms with E-state index >= 15 is 0 Å². The SMILES string of the molecule is Nc1cc(Br)ccc1C(=Nc1ccc(F)cc1)C(=O)O. The lowest BCUT2D eigenvalue weighted by atomic mass is 10.1. The Hall–Kier alpha value is -2.21. The molecule has 0 spiro atoms. The van der Waals surface area contributed by atoms with Gasteiger partial charge in [-0.1, -0.05) is 15.9 Å². The smallest absolute Gasteiger partial charge is 0.355 e. The number of rotatable bonds is 3. The summed E-state index contributed by atoms with van der Waals surface area (Å²) in [5, 5.41) is 9.26. The molecule has 0 atom stereocenters. The normalized spacial score (nSPS) is 11.4. The van der Waals surface area contributed by atoms with Crippen molar-refractivity contribution >= 4 is 39.0 Å². The summed E-state index contributed by atoms with van der Waals surface area (Å²) in [5.41, 5.74) is 6.55. The van der Waals surface area contributed by atoms with Crippen molar-refractivity contribution < 1.29 is 14.3 Å². The van der Waals surface area contributed by atoms with E-state index in [9.17, 15) is 14.3 Å². The van der Waals surface area contributed by atoms with Crippen molar-refractivity contribution in [2.75, 3.05) is 5.73 Å². The molecule has 0 radical (unpaired) electrons. The Morgan fingerprint density at radius 1 is 1.20 bits per heavy atom. The first-order valence-electron chi connectivity index (χ1n) is 5.60. The van der Waals surface area contributed by atoms with E-state index in [-0.39, 0.29) is 5.71 Å². The summed E-state index contributed by atoms with van der Waals surface area (Å²) in [6, 6.07) is 10.1. The summed E-state index contributed by atoms with van der Waals surface area (Å²) in [6.45, 7) is 0. The van der Waals surface area contributed by atoms with Crippen LogP contribution in [0.15, 0.2) is 51.9 Å². The highest BCUT2D eigenvalue weighted by Gasteiger charge is 2.15. The van der Waals surface area contributed by atoms with E-state index in [2.05, 4.69) is 20.9 Å². The van der Waals surface area contributed by atoms with Gasteiger partial charge in [0.05, 0.1) is 5.69 Å². The molecule has 0 aliphatic rings. The highest BCUT2D eigenvalue weighted by Crippen LogP contribution is 2.22. The highest BCUT2D eigenvalue weighted by molar-refractivity contribution is 9.10. The minimum atomic E-state index is -1.21. The Kier molecular flexibility index (Phi) is 4.14. The zero-order chi connectivity index (χ0) is 14.7. The molecular formula is C14H10BrFN2O2. The van der Waals surface area contributed by atoms with Gasteiger partial charge < -0.3 is 10.8 Å². The molecule has 0 saturated carbocycles. The van der Waals surface area contributed by atoms with Gasteiger partial charge in [0.15, 0.2) is 5.71 Å². The second-order valence-electron chi connectivity index (χ2n) is 3.97. The molecule has 0 unspecified atom stereocenters. The van der Waals surface area contributed by atoms with Crippen LogP contribution in [0.3, 0.4) is 0 Å². The second kappa shape index (κ2) is 5.83. The van der Waals surface area contributed by atoms with E-state index < -0.39 is 11.8 Å². The van der Waals surface area contributed by atoms with Gasteiger partial charge in [0.2, 0.25) is 0 Å². The number of benzene rings is 2. The summed E-state index contributed by atoms with van der Waals surface area (Å²) in [5.74, 6) is -1.62. The number of aliphatic carboxylic acids is 1. The van der Waals surface area contributed by atoms with Crippen LogP contribution in [0.25, 0.3) is 0 Å². The number of carbonyl (C=O) groups is 1. The van der Waals surface area contributed by atoms with Crippen LogP contribution < -0.4 is 5.73 Å². The molecule has 0 bridgehead atoms. The third-order valence-corrected chi connectivity index (χ3v) is 3.03. The Bertz CT molecular complexity index is 684. The lowest BCUT2D eigenvalue weighted by Crippen LogP contribution is -2.16. The number of nitrogens with zero attached hydrogens (tertiary/aromatic N) is 1. The lowest BCUT2D eigenvalue weighted by Gasteiger charge is -2.06. The molecule has 0 aliphatic heterocycles. The number of carboxylic acid groups (broad SMARTS) is 1. The summed E-state index contributed by atoms with van der Waals surface area (Å²) in [6.07, 6.45) is 0. The molecule has 102 valence electrons. The molecule has 20 heavy (non-hydrogen) atoms. The third-order valence-electron chi connectivity index (χ3n) is 2.54. The van der Waals surface area contributed by atoms with Crippen molar-refractivity contribution in [3.63, 3.8) is 0 Å². The maximum absolute atomic E-state index is 12.8. The van der Waals surface area contributed by atoms with Crippen molar-refractivity contribution in [3.05, 3.63) is 58.3 Å². The number of hydrogen-bond acceptors (Lipinski definition) is 3. The van der Waals surface area contributed by atoms with Gasteiger partial charge in [-0.3, -0.25) is 0 Å². The fourth-order valence-corrected chi connectivity index (χ4v) is 2.00. The minimum absolute atomic E-state index is 0.193. The summed E-state index contributed by atoms with van der Waals surface area (Å²) >= 11 is 3.25. The predicted octanol–water partition coefficient (Wildman–Crippen LogP) is 3.38. The molecule has 6 heteroatoms. The van der Waals surface area contributed by atoms with Gasteiger partial charge in [0.1, 0.15) is 5.82 Å². The van der Waals surface area contributed by atoms with Crippen molar-refractivity contribution in [3.8, 4) is 0 Å². The van der Waals surface area contributed by atoms with Crippen molar-refractivity contribution in [2.45, 2.75) is 0 Å². The molecule has 0 amide bonds.